The van der Waals surface area contributed by atoms with Gasteiger partial charge in [0.1, 0.15) is 18.2 Å². The summed E-state index contributed by atoms with van der Waals surface area (Å²) in [6, 6.07) is 10.9. The van der Waals surface area contributed by atoms with Crippen LogP contribution < -0.4 is 4.90 Å². The van der Waals surface area contributed by atoms with E-state index in [0.29, 0.717) is 12.5 Å². The molecule has 0 spiro atoms. The van der Waals surface area contributed by atoms with Crippen LogP contribution in [0.1, 0.15) is 25.7 Å². The molecule has 1 aliphatic carbocycles. The van der Waals surface area contributed by atoms with Crippen LogP contribution in [-0.4, -0.2) is 37.0 Å². The van der Waals surface area contributed by atoms with Crippen LogP contribution in [0.4, 0.5) is 25.0 Å². The lowest BCUT2D eigenvalue weighted by Crippen LogP contribution is -2.30. The highest BCUT2D eigenvalue weighted by atomic mass is 19.1. The molecule has 0 unspecified atom stereocenters. The van der Waals surface area contributed by atoms with Gasteiger partial charge in [-0.05, 0) is 73.9 Å². The molecule has 6 nitrogen and oxygen atoms in total. The lowest BCUT2D eigenvalue weighted by Gasteiger charge is -2.29. The first kappa shape index (κ1) is 22.7. The molecule has 0 heterocycles. The maximum Gasteiger partial charge on any atom is 0.418 e. The van der Waals surface area contributed by atoms with E-state index in [1.165, 1.54) is 36.4 Å². The van der Waals surface area contributed by atoms with E-state index >= 15 is 0 Å². The highest BCUT2D eigenvalue weighted by Crippen LogP contribution is 2.31. The zero-order valence-electron chi connectivity index (χ0n) is 17.0. The minimum Gasteiger partial charge on any atom is -0.480 e. The molecule has 0 saturated heterocycles. The van der Waals surface area contributed by atoms with Crippen LogP contribution in [0, 0.1) is 23.5 Å². The minimum absolute atomic E-state index is 0.168. The van der Waals surface area contributed by atoms with Crippen molar-refractivity contribution >= 4 is 23.4 Å². The number of carboxylic acid groups (broad SMARTS) is 1. The Balaban J connectivity index is 1.58. The second kappa shape index (κ2) is 10.9. The number of rotatable bonds is 8. The fourth-order valence-corrected chi connectivity index (χ4v) is 3.72. The van der Waals surface area contributed by atoms with Gasteiger partial charge in [0.25, 0.3) is 0 Å². The number of benzene rings is 2. The zero-order valence-corrected chi connectivity index (χ0v) is 17.0. The molecule has 1 fully saturated rings. The van der Waals surface area contributed by atoms with Crippen LogP contribution in [0.5, 0.6) is 0 Å². The number of ether oxygens (including phenoxy) is 2. The summed E-state index contributed by atoms with van der Waals surface area (Å²) in [5.74, 6) is -1.56. The first-order valence-electron chi connectivity index (χ1n) is 10.2. The summed E-state index contributed by atoms with van der Waals surface area (Å²) in [6.45, 7) is 0.307. The summed E-state index contributed by atoms with van der Waals surface area (Å²) < 4.78 is 38.1. The van der Waals surface area contributed by atoms with E-state index in [4.69, 9.17) is 14.6 Å². The van der Waals surface area contributed by atoms with Crippen molar-refractivity contribution in [1.82, 2.24) is 0 Å². The Bertz CT molecular complexity index is 854. The lowest BCUT2D eigenvalue weighted by atomic mass is 9.83. The molecule has 1 saturated carbocycles. The van der Waals surface area contributed by atoms with Crippen molar-refractivity contribution in [1.29, 1.82) is 0 Å². The van der Waals surface area contributed by atoms with Crippen molar-refractivity contribution in [3.05, 3.63) is 60.2 Å². The average Bonchev–Trinajstić information content (AvgIpc) is 2.73. The average molecular weight is 433 g/mol. The van der Waals surface area contributed by atoms with Crippen molar-refractivity contribution in [2.24, 2.45) is 11.8 Å². The molecule has 31 heavy (non-hydrogen) atoms. The lowest BCUT2D eigenvalue weighted by molar-refractivity contribution is -0.142. The Hall–Kier alpha value is -3.00. The Labute approximate surface area is 179 Å². The molecule has 0 atom stereocenters. The van der Waals surface area contributed by atoms with E-state index in [2.05, 4.69) is 0 Å². The number of carbonyl (C=O) groups is 2. The standard InChI is InChI=1S/C23H25F2NO5/c24-18-3-1-5-20(11-18)26(21-6-2-4-19(25)12-21)23(29)31-14-17-9-7-16(8-10-17)13-30-15-22(27)28/h1-6,11-12,16-17H,7-10,13-15H2,(H,27,28). The van der Waals surface area contributed by atoms with Crippen LogP contribution in [0.25, 0.3) is 0 Å². The molecule has 0 aliphatic heterocycles. The number of hydrogen-bond donors (Lipinski definition) is 1. The van der Waals surface area contributed by atoms with Crippen molar-refractivity contribution < 1.29 is 33.0 Å². The topological polar surface area (TPSA) is 76.1 Å². The quantitative estimate of drug-likeness (QED) is 0.623. The predicted octanol–water partition coefficient (Wildman–Crippen LogP) is 5.15. The second-order valence-electron chi connectivity index (χ2n) is 7.67. The summed E-state index contributed by atoms with van der Waals surface area (Å²) in [7, 11) is 0. The molecule has 0 aromatic heterocycles. The summed E-state index contributed by atoms with van der Waals surface area (Å²) in [6.07, 6.45) is 2.67. The smallest absolute Gasteiger partial charge is 0.418 e. The molecular weight excluding hydrogens is 408 g/mol. The molecule has 0 radical (unpaired) electrons. The Morgan fingerprint density at radius 3 is 1.90 bits per heavy atom. The second-order valence-corrected chi connectivity index (χ2v) is 7.67. The number of aliphatic carboxylic acids is 1. The first-order chi connectivity index (χ1) is 14.9. The molecular formula is C23H25F2NO5. The van der Waals surface area contributed by atoms with Crippen molar-refractivity contribution in [3.8, 4) is 0 Å². The summed E-state index contributed by atoms with van der Waals surface area (Å²) in [5, 5.41) is 8.63. The Morgan fingerprint density at radius 2 is 1.42 bits per heavy atom. The van der Waals surface area contributed by atoms with Gasteiger partial charge in [0.05, 0.1) is 24.6 Å². The van der Waals surface area contributed by atoms with Crippen LogP contribution in [0.3, 0.4) is 0 Å². The third kappa shape index (κ3) is 6.75. The number of carboxylic acids is 1. The van der Waals surface area contributed by atoms with E-state index in [0.717, 1.165) is 30.6 Å². The van der Waals surface area contributed by atoms with Crippen LogP contribution in [0.2, 0.25) is 0 Å². The van der Waals surface area contributed by atoms with Gasteiger partial charge in [-0.1, -0.05) is 12.1 Å². The molecule has 1 amide bonds. The number of anilines is 2. The van der Waals surface area contributed by atoms with Gasteiger partial charge in [-0.15, -0.1) is 0 Å². The van der Waals surface area contributed by atoms with Crippen molar-refractivity contribution in [3.63, 3.8) is 0 Å². The highest BCUT2D eigenvalue weighted by molar-refractivity contribution is 5.95. The first-order valence-corrected chi connectivity index (χ1v) is 10.2. The fraction of sp³-hybridized carbons (Fsp3) is 0.391. The van der Waals surface area contributed by atoms with E-state index in [9.17, 15) is 18.4 Å². The van der Waals surface area contributed by atoms with Gasteiger partial charge >= 0.3 is 12.1 Å². The molecule has 3 rings (SSSR count). The monoisotopic (exact) mass is 433 g/mol. The molecule has 166 valence electrons. The number of nitrogens with zero attached hydrogens (tertiary/aromatic N) is 1. The third-order valence-electron chi connectivity index (χ3n) is 5.30. The van der Waals surface area contributed by atoms with Gasteiger partial charge in [-0.2, -0.15) is 0 Å². The van der Waals surface area contributed by atoms with Gasteiger partial charge < -0.3 is 14.6 Å². The fourth-order valence-electron chi connectivity index (χ4n) is 3.72. The van der Waals surface area contributed by atoms with Gasteiger partial charge in [0, 0.05) is 0 Å². The Morgan fingerprint density at radius 1 is 0.903 bits per heavy atom. The van der Waals surface area contributed by atoms with Crippen molar-refractivity contribution in [2.45, 2.75) is 25.7 Å². The molecule has 1 N–H and O–H groups in total. The highest BCUT2D eigenvalue weighted by Gasteiger charge is 2.25. The summed E-state index contributed by atoms with van der Waals surface area (Å²) in [5.41, 5.74) is 0.491. The van der Waals surface area contributed by atoms with Gasteiger partial charge in [0.2, 0.25) is 0 Å². The molecule has 8 heteroatoms. The largest absolute Gasteiger partial charge is 0.480 e. The number of carbonyl (C=O) groups excluding carboxylic acids is 1. The number of halogens is 2. The van der Waals surface area contributed by atoms with Crippen LogP contribution >= 0.6 is 0 Å². The Kier molecular flexibility index (Phi) is 7.94. The van der Waals surface area contributed by atoms with Gasteiger partial charge in [0.15, 0.2) is 0 Å². The summed E-state index contributed by atoms with van der Waals surface area (Å²) in [4.78, 5) is 24.5. The van der Waals surface area contributed by atoms with Crippen LogP contribution in [0.15, 0.2) is 48.5 Å². The van der Waals surface area contributed by atoms with Gasteiger partial charge in [-0.3, -0.25) is 0 Å². The zero-order chi connectivity index (χ0) is 22.2. The number of hydrogen-bond acceptors (Lipinski definition) is 4. The molecule has 2 aromatic rings. The number of amides is 1. The van der Waals surface area contributed by atoms with Crippen molar-refractivity contribution in [2.75, 3.05) is 24.7 Å². The van der Waals surface area contributed by atoms with E-state index in [1.807, 2.05) is 0 Å². The molecule has 2 aromatic carbocycles. The van der Waals surface area contributed by atoms with Crippen LogP contribution in [-0.2, 0) is 14.3 Å². The third-order valence-corrected chi connectivity index (χ3v) is 5.30. The molecule has 1 aliphatic rings. The molecule has 0 bridgehead atoms. The minimum atomic E-state index is -0.984. The van der Waals surface area contributed by atoms with E-state index < -0.39 is 23.7 Å². The maximum atomic E-state index is 13.7. The summed E-state index contributed by atoms with van der Waals surface area (Å²) >= 11 is 0. The van der Waals surface area contributed by atoms with E-state index in [1.54, 1.807) is 12.1 Å². The van der Waals surface area contributed by atoms with E-state index in [-0.39, 0.29) is 30.5 Å². The van der Waals surface area contributed by atoms with Gasteiger partial charge in [-0.25, -0.2) is 23.3 Å². The maximum absolute atomic E-state index is 13.7. The SMILES string of the molecule is O=C(O)COCC1CCC(COC(=O)N(c2cccc(F)c2)c2cccc(F)c2)CC1. The predicted molar refractivity (Wildman–Crippen MR) is 110 cm³/mol. The normalized spacial score (nSPS) is 18.4.